The number of pyridine rings is 2. The fourth-order valence-corrected chi connectivity index (χ4v) is 5.05. The average molecular weight is 454 g/mol. The largest absolute Gasteiger partial charge is 0.351 e. The molecule has 5 nitrogen and oxygen atoms in total. The minimum atomic E-state index is -0.0488. The highest BCUT2D eigenvalue weighted by Gasteiger charge is 2.42. The summed E-state index contributed by atoms with van der Waals surface area (Å²) in [5.74, 6) is 0. The van der Waals surface area contributed by atoms with Crippen LogP contribution in [0.3, 0.4) is 0 Å². The first-order valence-electron chi connectivity index (χ1n) is 11.2. The van der Waals surface area contributed by atoms with Gasteiger partial charge in [0.1, 0.15) is 0 Å². The number of hydrogen-bond acceptors (Lipinski definition) is 3. The Morgan fingerprint density at radius 2 is 1.79 bits per heavy atom. The Balaban J connectivity index is 1.62. The molecule has 2 unspecified atom stereocenters. The van der Waals surface area contributed by atoms with Gasteiger partial charge in [0.25, 0.3) is 0 Å². The van der Waals surface area contributed by atoms with Gasteiger partial charge in [0.15, 0.2) is 5.11 Å². The highest BCUT2D eigenvalue weighted by atomic mass is 32.1. The van der Waals surface area contributed by atoms with Crippen LogP contribution in [0.4, 0.5) is 5.69 Å². The molecule has 33 heavy (non-hydrogen) atoms. The third kappa shape index (κ3) is 4.02. The summed E-state index contributed by atoms with van der Waals surface area (Å²) in [6.45, 7) is 7.25. The molecule has 0 radical (unpaired) electrons. The molecule has 166 valence electrons. The number of rotatable bonds is 5. The molecule has 1 aliphatic heterocycles. The Morgan fingerprint density at radius 3 is 2.48 bits per heavy atom. The Hall–Kier alpha value is -3.51. The second kappa shape index (κ2) is 8.79. The van der Waals surface area contributed by atoms with Crippen molar-refractivity contribution in [1.29, 1.82) is 0 Å². The molecule has 3 aromatic heterocycles. The van der Waals surface area contributed by atoms with Crippen LogP contribution in [0, 0.1) is 20.8 Å². The zero-order valence-electron chi connectivity index (χ0n) is 19.1. The van der Waals surface area contributed by atoms with Gasteiger partial charge in [-0.1, -0.05) is 29.8 Å². The van der Waals surface area contributed by atoms with Gasteiger partial charge >= 0.3 is 0 Å². The number of benzene rings is 1. The molecule has 1 fully saturated rings. The Kier molecular flexibility index (Phi) is 5.68. The van der Waals surface area contributed by atoms with Crippen LogP contribution >= 0.6 is 12.2 Å². The topological polar surface area (TPSA) is 46.0 Å². The van der Waals surface area contributed by atoms with Gasteiger partial charge in [-0.3, -0.25) is 9.97 Å². The quantitative estimate of drug-likeness (QED) is 0.408. The lowest BCUT2D eigenvalue weighted by atomic mass is 9.96. The second-order valence-corrected chi connectivity index (χ2v) is 8.99. The van der Waals surface area contributed by atoms with Gasteiger partial charge in [-0.25, -0.2) is 0 Å². The van der Waals surface area contributed by atoms with Gasteiger partial charge in [0, 0.05) is 42.2 Å². The van der Waals surface area contributed by atoms with Gasteiger partial charge < -0.3 is 14.8 Å². The molecule has 0 aliphatic carbocycles. The summed E-state index contributed by atoms with van der Waals surface area (Å²) >= 11 is 5.87. The molecular formula is C27H27N5S. The van der Waals surface area contributed by atoms with Crippen LogP contribution in [0.25, 0.3) is 0 Å². The maximum atomic E-state index is 5.87. The Morgan fingerprint density at radius 1 is 0.970 bits per heavy atom. The summed E-state index contributed by atoms with van der Waals surface area (Å²) in [5.41, 5.74) is 8.17. The molecule has 1 N–H and O–H groups in total. The zero-order valence-corrected chi connectivity index (χ0v) is 19.9. The lowest BCUT2D eigenvalue weighted by Crippen LogP contribution is -2.29. The summed E-state index contributed by atoms with van der Waals surface area (Å²) in [6, 6.07) is 20.9. The maximum absolute atomic E-state index is 5.87. The first kappa shape index (κ1) is 21.3. The Labute approximate surface area is 200 Å². The summed E-state index contributed by atoms with van der Waals surface area (Å²) in [6.07, 6.45) is 5.59. The van der Waals surface area contributed by atoms with E-state index < -0.39 is 0 Å². The van der Waals surface area contributed by atoms with Crippen molar-refractivity contribution >= 4 is 23.0 Å². The van der Waals surface area contributed by atoms with E-state index in [2.05, 4.69) is 88.0 Å². The predicted molar refractivity (Wildman–Crippen MR) is 136 cm³/mol. The summed E-state index contributed by atoms with van der Waals surface area (Å²) in [4.78, 5) is 11.2. The molecule has 1 saturated heterocycles. The normalized spacial score (nSPS) is 17.9. The van der Waals surface area contributed by atoms with Gasteiger partial charge in [-0.15, -0.1) is 0 Å². The van der Waals surface area contributed by atoms with Gasteiger partial charge in [-0.05, 0) is 80.5 Å². The van der Waals surface area contributed by atoms with Crippen molar-refractivity contribution in [1.82, 2.24) is 19.9 Å². The van der Waals surface area contributed by atoms with Crippen LogP contribution in [-0.4, -0.2) is 19.6 Å². The number of thiocarbonyl (C=S) groups is 1. The standard InChI is InChI=1S/C27H27N5S/c1-18-9-11-22(12-10-18)32-26(25(30-27(32)33)24-8-4-5-14-29-24)23-15-19(2)31(20(23)3)17-21-7-6-13-28-16-21/h4-16,25-26H,17H2,1-3H3,(H,30,33). The van der Waals surface area contributed by atoms with Gasteiger partial charge in [-0.2, -0.15) is 0 Å². The van der Waals surface area contributed by atoms with Crippen molar-refractivity contribution in [3.63, 3.8) is 0 Å². The monoisotopic (exact) mass is 453 g/mol. The van der Waals surface area contributed by atoms with Crippen LogP contribution < -0.4 is 10.2 Å². The van der Waals surface area contributed by atoms with E-state index in [9.17, 15) is 0 Å². The zero-order chi connectivity index (χ0) is 22.9. The second-order valence-electron chi connectivity index (χ2n) is 8.61. The molecule has 0 spiro atoms. The van der Waals surface area contributed by atoms with Crippen molar-refractivity contribution in [2.24, 2.45) is 0 Å². The van der Waals surface area contributed by atoms with E-state index in [0.29, 0.717) is 0 Å². The maximum Gasteiger partial charge on any atom is 0.174 e. The third-order valence-electron chi connectivity index (χ3n) is 6.41. The lowest BCUT2D eigenvalue weighted by Gasteiger charge is -2.28. The van der Waals surface area contributed by atoms with E-state index in [0.717, 1.165) is 23.0 Å². The smallest absolute Gasteiger partial charge is 0.174 e. The average Bonchev–Trinajstić information content (AvgIpc) is 3.32. The van der Waals surface area contributed by atoms with E-state index in [4.69, 9.17) is 12.2 Å². The van der Waals surface area contributed by atoms with Crippen LogP contribution in [0.2, 0.25) is 0 Å². The number of hydrogen-bond donors (Lipinski definition) is 1. The molecule has 1 aromatic carbocycles. The highest BCUT2D eigenvalue weighted by molar-refractivity contribution is 7.80. The molecule has 0 saturated carbocycles. The SMILES string of the molecule is Cc1ccc(N2C(=S)NC(c3ccccn3)C2c2cc(C)n(Cc3cccnc3)c2C)cc1. The first-order valence-corrected chi connectivity index (χ1v) is 11.6. The van der Waals surface area contributed by atoms with Crippen LogP contribution in [0.15, 0.2) is 79.3 Å². The third-order valence-corrected chi connectivity index (χ3v) is 6.72. The molecular weight excluding hydrogens is 426 g/mol. The number of aryl methyl sites for hydroxylation is 2. The number of aromatic nitrogens is 3. The number of nitrogens with one attached hydrogen (secondary N) is 1. The molecule has 2 atom stereocenters. The summed E-state index contributed by atoms with van der Waals surface area (Å²) in [7, 11) is 0. The van der Waals surface area contributed by atoms with Crippen LogP contribution in [0.1, 0.15) is 45.9 Å². The molecule has 0 amide bonds. The van der Waals surface area contributed by atoms with E-state index in [-0.39, 0.29) is 12.1 Å². The van der Waals surface area contributed by atoms with Crippen molar-refractivity contribution in [3.8, 4) is 0 Å². The lowest BCUT2D eigenvalue weighted by molar-refractivity contribution is 0.563. The summed E-state index contributed by atoms with van der Waals surface area (Å²) < 4.78 is 2.36. The first-order chi connectivity index (χ1) is 16.0. The number of nitrogens with zero attached hydrogens (tertiary/aromatic N) is 4. The Bertz CT molecular complexity index is 1270. The molecule has 6 heteroatoms. The molecule has 5 rings (SSSR count). The van der Waals surface area contributed by atoms with Crippen LogP contribution in [-0.2, 0) is 6.54 Å². The van der Waals surface area contributed by atoms with Crippen LogP contribution in [0.5, 0.6) is 0 Å². The van der Waals surface area contributed by atoms with Crippen molar-refractivity contribution < 1.29 is 0 Å². The van der Waals surface area contributed by atoms with Gasteiger partial charge in [0.05, 0.1) is 17.8 Å². The predicted octanol–water partition coefficient (Wildman–Crippen LogP) is 5.43. The van der Waals surface area contributed by atoms with E-state index in [1.807, 2.05) is 36.8 Å². The van der Waals surface area contributed by atoms with Crippen molar-refractivity contribution in [2.45, 2.75) is 39.4 Å². The molecule has 1 aliphatic rings. The molecule has 4 heterocycles. The highest BCUT2D eigenvalue weighted by Crippen LogP contribution is 2.43. The minimum absolute atomic E-state index is 0.0102. The van der Waals surface area contributed by atoms with E-state index in [1.54, 1.807) is 0 Å². The summed E-state index contributed by atoms with van der Waals surface area (Å²) in [5, 5.41) is 4.28. The minimum Gasteiger partial charge on any atom is -0.351 e. The fourth-order valence-electron chi connectivity index (χ4n) is 4.70. The molecule has 4 aromatic rings. The van der Waals surface area contributed by atoms with E-state index in [1.165, 1.54) is 28.1 Å². The van der Waals surface area contributed by atoms with E-state index >= 15 is 0 Å². The number of anilines is 1. The van der Waals surface area contributed by atoms with Crippen molar-refractivity contribution in [3.05, 3.63) is 113 Å². The molecule has 0 bridgehead atoms. The van der Waals surface area contributed by atoms with Crippen molar-refractivity contribution in [2.75, 3.05) is 4.90 Å². The van der Waals surface area contributed by atoms with Gasteiger partial charge in [0.2, 0.25) is 0 Å². The fraction of sp³-hybridized carbons (Fsp3) is 0.222.